The van der Waals surface area contributed by atoms with Crippen LogP contribution in [0.15, 0.2) is 46.9 Å². The molecule has 0 saturated carbocycles. The van der Waals surface area contributed by atoms with Crippen LogP contribution in [0.4, 0.5) is 11.4 Å². The maximum Gasteiger partial charge on any atom is 0.259 e. The summed E-state index contributed by atoms with van der Waals surface area (Å²) in [6.07, 6.45) is 0. The number of nitrogens with two attached hydrogens (primary N) is 1. The maximum atomic E-state index is 12.5. The molecule has 1 amide bonds. The highest BCUT2D eigenvalue weighted by atomic mass is 127. The molecule has 0 aromatic heterocycles. The van der Waals surface area contributed by atoms with Gasteiger partial charge in [0.15, 0.2) is 0 Å². The summed E-state index contributed by atoms with van der Waals surface area (Å²) in [7, 11) is 1.75. The lowest BCUT2D eigenvalue weighted by atomic mass is 10.2. The van der Waals surface area contributed by atoms with Crippen LogP contribution in [0.5, 0.6) is 0 Å². The minimum absolute atomic E-state index is 0.0459. The van der Waals surface area contributed by atoms with Crippen LogP contribution >= 0.6 is 38.5 Å². The highest BCUT2D eigenvalue weighted by Gasteiger charge is 2.16. The van der Waals surface area contributed by atoms with Crippen molar-refractivity contribution in [2.24, 2.45) is 0 Å². The SMILES string of the molecule is CN(C(=O)c1cc(Br)ccc1I)c1ccc(N)cc1. The molecule has 0 saturated heterocycles. The fourth-order valence-corrected chi connectivity index (χ4v) is 2.58. The highest BCUT2D eigenvalue weighted by Crippen LogP contribution is 2.22. The van der Waals surface area contributed by atoms with Crippen molar-refractivity contribution >= 4 is 55.8 Å². The monoisotopic (exact) mass is 430 g/mol. The number of carbonyl (C=O) groups is 1. The predicted octanol–water partition coefficient (Wildman–Crippen LogP) is 3.91. The molecule has 3 nitrogen and oxygen atoms in total. The summed E-state index contributed by atoms with van der Waals surface area (Å²) in [5.41, 5.74) is 7.82. The summed E-state index contributed by atoms with van der Waals surface area (Å²) in [5.74, 6) is -0.0459. The van der Waals surface area contributed by atoms with E-state index in [0.717, 1.165) is 13.7 Å². The normalized spacial score (nSPS) is 10.3. The Kier molecular flexibility index (Phi) is 4.46. The van der Waals surface area contributed by atoms with E-state index in [1.165, 1.54) is 0 Å². The molecule has 0 bridgehead atoms. The lowest BCUT2D eigenvalue weighted by molar-refractivity contribution is 0.0992. The van der Waals surface area contributed by atoms with Gasteiger partial charge >= 0.3 is 0 Å². The van der Waals surface area contributed by atoms with Crippen LogP contribution < -0.4 is 10.6 Å². The van der Waals surface area contributed by atoms with Crippen molar-refractivity contribution in [1.82, 2.24) is 0 Å². The topological polar surface area (TPSA) is 46.3 Å². The third-order valence-corrected chi connectivity index (χ3v) is 4.18. The van der Waals surface area contributed by atoms with Gasteiger partial charge in [-0.1, -0.05) is 15.9 Å². The quantitative estimate of drug-likeness (QED) is 0.579. The zero-order valence-corrected chi connectivity index (χ0v) is 14.0. The Bertz CT molecular complexity index is 613. The first kappa shape index (κ1) is 14.3. The molecule has 0 aliphatic carbocycles. The molecule has 5 heteroatoms. The van der Waals surface area contributed by atoms with Crippen molar-refractivity contribution in [3.63, 3.8) is 0 Å². The van der Waals surface area contributed by atoms with Crippen LogP contribution in [0.1, 0.15) is 10.4 Å². The molecule has 98 valence electrons. The second-order valence-electron chi connectivity index (χ2n) is 4.08. The number of halogens is 2. The first-order chi connectivity index (χ1) is 8.99. The number of nitrogen functional groups attached to an aromatic ring is 1. The zero-order valence-electron chi connectivity index (χ0n) is 10.2. The molecule has 19 heavy (non-hydrogen) atoms. The van der Waals surface area contributed by atoms with Crippen molar-refractivity contribution in [3.05, 3.63) is 56.1 Å². The molecule has 0 unspecified atom stereocenters. The molecule has 2 aromatic rings. The van der Waals surface area contributed by atoms with Gasteiger partial charge in [-0.2, -0.15) is 0 Å². The molecule has 0 aliphatic rings. The van der Waals surface area contributed by atoms with Gasteiger partial charge in [0, 0.05) is 26.5 Å². The number of rotatable bonds is 2. The van der Waals surface area contributed by atoms with E-state index in [2.05, 4.69) is 38.5 Å². The molecule has 0 radical (unpaired) electrons. The number of benzene rings is 2. The Balaban J connectivity index is 2.33. The van der Waals surface area contributed by atoms with E-state index < -0.39 is 0 Å². The van der Waals surface area contributed by atoms with Gasteiger partial charge < -0.3 is 10.6 Å². The molecular weight excluding hydrogens is 419 g/mol. The van der Waals surface area contributed by atoms with Crippen molar-refractivity contribution in [2.75, 3.05) is 17.7 Å². The minimum Gasteiger partial charge on any atom is -0.399 e. The summed E-state index contributed by atoms with van der Waals surface area (Å²) in [6, 6.07) is 12.9. The Morgan fingerprint density at radius 1 is 1.21 bits per heavy atom. The Labute approximate surface area is 134 Å². The number of anilines is 2. The summed E-state index contributed by atoms with van der Waals surface area (Å²) >= 11 is 5.55. The van der Waals surface area contributed by atoms with E-state index >= 15 is 0 Å². The zero-order chi connectivity index (χ0) is 14.0. The van der Waals surface area contributed by atoms with Crippen molar-refractivity contribution < 1.29 is 4.79 Å². The van der Waals surface area contributed by atoms with E-state index in [9.17, 15) is 4.79 Å². The molecule has 0 aliphatic heterocycles. The maximum absolute atomic E-state index is 12.5. The van der Waals surface area contributed by atoms with E-state index in [1.807, 2.05) is 30.3 Å². The Hall–Kier alpha value is -1.08. The van der Waals surface area contributed by atoms with Crippen molar-refractivity contribution in [1.29, 1.82) is 0 Å². The van der Waals surface area contributed by atoms with Gasteiger partial charge in [-0.05, 0) is 65.1 Å². The smallest absolute Gasteiger partial charge is 0.259 e. The molecule has 0 spiro atoms. The van der Waals surface area contributed by atoms with Crippen LogP contribution in [-0.4, -0.2) is 13.0 Å². The van der Waals surface area contributed by atoms with Gasteiger partial charge in [0.05, 0.1) is 5.56 Å². The number of amides is 1. The van der Waals surface area contributed by atoms with Gasteiger partial charge in [0.2, 0.25) is 0 Å². The van der Waals surface area contributed by atoms with Gasteiger partial charge in [-0.3, -0.25) is 4.79 Å². The Morgan fingerprint density at radius 2 is 1.84 bits per heavy atom. The van der Waals surface area contributed by atoms with Crippen LogP contribution in [0.25, 0.3) is 0 Å². The number of nitrogens with zero attached hydrogens (tertiary/aromatic N) is 1. The summed E-state index contributed by atoms with van der Waals surface area (Å²) in [6.45, 7) is 0. The Morgan fingerprint density at radius 3 is 2.47 bits per heavy atom. The molecular formula is C14H12BrIN2O. The summed E-state index contributed by atoms with van der Waals surface area (Å²) < 4.78 is 1.81. The van der Waals surface area contributed by atoms with Gasteiger partial charge in [0.25, 0.3) is 5.91 Å². The van der Waals surface area contributed by atoms with Crippen LogP contribution in [0.2, 0.25) is 0 Å². The lowest BCUT2D eigenvalue weighted by Gasteiger charge is -2.18. The molecule has 2 rings (SSSR count). The largest absolute Gasteiger partial charge is 0.399 e. The molecule has 0 atom stereocenters. The standard InChI is InChI=1S/C14H12BrIN2O/c1-18(11-5-3-10(17)4-6-11)14(19)12-8-9(15)2-7-13(12)16/h2-8H,17H2,1H3. The predicted molar refractivity (Wildman–Crippen MR) is 90.4 cm³/mol. The fraction of sp³-hybridized carbons (Fsp3) is 0.0714. The van der Waals surface area contributed by atoms with Crippen molar-refractivity contribution in [3.8, 4) is 0 Å². The van der Waals surface area contributed by atoms with Crippen molar-refractivity contribution in [2.45, 2.75) is 0 Å². The molecule has 2 N–H and O–H groups in total. The van der Waals surface area contributed by atoms with Gasteiger partial charge in [-0.25, -0.2) is 0 Å². The van der Waals surface area contributed by atoms with E-state index in [0.29, 0.717) is 11.3 Å². The first-order valence-electron chi connectivity index (χ1n) is 5.57. The lowest BCUT2D eigenvalue weighted by Crippen LogP contribution is -2.26. The van der Waals surface area contributed by atoms with E-state index in [1.54, 1.807) is 24.1 Å². The van der Waals surface area contributed by atoms with Gasteiger partial charge in [-0.15, -0.1) is 0 Å². The average Bonchev–Trinajstić information content (AvgIpc) is 2.41. The molecule has 0 fully saturated rings. The highest BCUT2D eigenvalue weighted by molar-refractivity contribution is 14.1. The average molecular weight is 431 g/mol. The second-order valence-corrected chi connectivity index (χ2v) is 6.16. The minimum atomic E-state index is -0.0459. The van der Waals surface area contributed by atoms with Crippen LogP contribution in [0, 0.1) is 3.57 Å². The van der Waals surface area contributed by atoms with Gasteiger partial charge in [0.1, 0.15) is 0 Å². The first-order valence-corrected chi connectivity index (χ1v) is 7.45. The van der Waals surface area contributed by atoms with E-state index in [-0.39, 0.29) is 5.91 Å². The third kappa shape index (κ3) is 3.27. The third-order valence-electron chi connectivity index (χ3n) is 2.74. The number of hydrogen-bond donors (Lipinski definition) is 1. The summed E-state index contributed by atoms with van der Waals surface area (Å²) in [4.78, 5) is 14.1. The van der Waals surface area contributed by atoms with Crippen LogP contribution in [0.3, 0.4) is 0 Å². The number of carbonyl (C=O) groups excluding carboxylic acids is 1. The van der Waals surface area contributed by atoms with E-state index in [4.69, 9.17) is 5.73 Å². The second kappa shape index (κ2) is 5.92. The molecule has 0 heterocycles. The number of hydrogen-bond acceptors (Lipinski definition) is 2. The molecule has 2 aromatic carbocycles. The van der Waals surface area contributed by atoms with Crippen LogP contribution in [-0.2, 0) is 0 Å². The summed E-state index contributed by atoms with van der Waals surface area (Å²) in [5, 5.41) is 0. The fourth-order valence-electron chi connectivity index (χ4n) is 1.66.